The van der Waals surface area contributed by atoms with Gasteiger partial charge in [0.05, 0.1) is 13.4 Å². The summed E-state index contributed by atoms with van der Waals surface area (Å²) >= 11 is 0. The highest BCUT2D eigenvalue weighted by Gasteiger charge is 2.12. The molecule has 1 N–H and O–H groups in total. The molecule has 3 aromatic rings. The van der Waals surface area contributed by atoms with Gasteiger partial charge in [0.15, 0.2) is 0 Å². The highest BCUT2D eigenvalue weighted by Crippen LogP contribution is 2.29. The fourth-order valence-electron chi connectivity index (χ4n) is 2.24. The topological polar surface area (TPSA) is 59.9 Å². The molecule has 0 saturated heterocycles. The molecule has 0 aliphatic carbocycles. The minimum absolute atomic E-state index is 0.137. The van der Waals surface area contributed by atoms with Crippen LogP contribution in [0.15, 0.2) is 41.6 Å². The molecule has 0 saturated carbocycles. The monoisotopic (exact) mass is 255 g/mol. The maximum Gasteiger partial charge on any atom is 0.275 e. The van der Waals surface area contributed by atoms with E-state index in [1.54, 1.807) is 11.7 Å². The Morgan fingerprint density at radius 3 is 3.00 bits per heavy atom. The number of nitrogens with zero attached hydrogens (tertiary/aromatic N) is 2. The van der Waals surface area contributed by atoms with Crippen LogP contribution in [-0.4, -0.2) is 21.6 Å². The van der Waals surface area contributed by atoms with E-state index in [-0.39, 0.29) is 5.56 Å². The van der Waals surface area contributed by atoms with Crippen molar-refractivity contribution in [3.05, 3.63) is 47.1 Å². The molecule has 0 spiro atoms. The Hall–Kier alpha value is -2.56. The summed E-state index contributed by atoms with van der Waals surface area (Å²) < 4.78 is 7.01. The van der Waals surface area contributed by atoms with Crippen molar-refractivity contribution in [3.63, 3.8) is 0 Å². The lowest BCUT2D eigenvalue weighted by Gasteiger charge is -2.02. The predicted molar refractivity (Wildman–Crippen MR) is 73.3 cm³/mol. The van der Waals surface area contributed by atoms with E-state index < -0.39 is 0 Å². The maximum absolute atomic E-state index is 11.8. The quantitative estimate of drug-likeness (QED) is 0.761. The molecule has 2 aromatic heterocycles. The van der Waals surface area contributed by atoms with E-state index >= 15 is 0 Å². The average molecular weight is 255 g/mol. The second-order valence-electron chi connectivity index (χ2n) is 4.31. The normalized spacial score (nSPS) is 10.8. The van der Waals surface area contributed by atoms with E-state index in [1.165, 1.54) is 6.33 Å². The van der Waals surface area contributed by atoms with Gasteiger partial charge in [0.1, 0.15) is 16.8 Å². The largest absolute Gasteiger partial charge is 0.497 e. The van der Waals surface area contributed by atoms with Gasteiger partial charge < -0.3 is 14.3 Å². The first kappa shape index (κ1) is 11.5. The number of fused-ring (bicyclic) bond motifs is 1. The minimum Gasteiger partial charge on any atom is -0.497 e. The second kappa shape index (κ2) is 4.28. The van der Waals surface area contributed by atoms with Crippen molar-refractivity contribution in [3.8, 4) is 16.9 Å². The van der Waals surface area contributed by atoms with Crippen LogP contribution in [0.1, 0.15) is 0 Å². The van der Waals surface area contributed by atoms with Crippen LogP contribution in [0.5, 0.6) is 5.75 Å². The lowest BCUT2D eigenvalue weighted by Crippen LogP contribution is -2.08. The Morgan fingerprint density at radius 1 is 1.37 bits per heavy atom. The molecule has 0 bridgehead atoms. The SMILES string of the molecule is COc1cccc(-c2cn(C)c3c(=O)[nH]cnc23)c1. The van der Waals surface area contributed by atoms with Crippen LogP contribution in [0.3, 0.4) is 0 Å². The number of hydrogen-bond acceptors (Lipinski definition) is 3. The zero-order chi connectivity index (χ0) is 13.4. The minimum atomic E-state index is -0.137. The molecule has 0 aliphatic rings. The van der Waals surface area contributed by atoms with Crippen molar-refractivity contribution in [1.82, 2.24) is 14.5 Å². The van der Waals surface area contributed by atoms with Gasteiger partial charge in [-0.3, -0.25) is 4.79 Å². The van der Waals surface area contributed by atoms with Gasteiger partial charge in [-0.15, -0.1) is 0 Å². The molecule has 0 atom stereocenters. The number of H-pyrrole nitrogens is 1. The van der Waals surface area contributed by atoms with Crippen molar-refractivity contribution in [2.45, 2.75) is 0 Å². The molecular formula is C14H13N3O2. The first-order chi connectivity index (χ1) is 9.20. The van der Waals surface area contributed by atoms with Gasteiger partial charge >= 0.3 is 0 Å². The van der Waals surface area contributed by atoms with Crippen LogP contribution < -0.4 is 10.3 Å². The van der Waals surface area contributed by atoms with Gasteiger partial charge in [-0.25, -0.2) is 4.98 Å². The Bertz CT molecular complexity index is 802. The number of benzene rings is 1. The van der Waals surface area contributed by atoms with Crippen molar-refractivity contribution < 1.29 is 4.74 Å². The molecule has 0 aliphatic heterocycles. The summed E-state index contributed by atoms with van der Waals surface area (Å²) in [7, 11) is 3.47. The summed E-state index contributed by atoms with van der Waals surface area (Å²) in [4.78, 5) is 18.7. The summed E-state index contributed by atoms with van der Waals surface area (Å²) in [6.45, 7) is 0. The van der Waals surface area contributed by atoms with E-state index in [2.05, 4.69) is 9.97 Å². The summed E-state index contributed by atoms with van der Waals surface area (Å²) in [5, 5.41) is 0. The summed E-state index contributed by atoms with van der Waals surface area (Å²) in [6.07, 6.45) is 3.33. The standard InChI is InChI=1S/C14H13N3O2/c1-17-7-11(9-4-3-5-10(6-9)19-2)12-13(17)14(18)16-8-15-12/h3-8H,1-2H3,(H,15,16,18). The third-order valence-corrected chi connectivity index (χ3v) is 3.14. The maximum atomic E-state index is 11.8. The van der Waals surface area contributed by atoms with Crippen LogP contribution in [0.4, 0.5) is 0 Å². The Kier molecular flexibility index (Phi) is 2.59. The molecule has 0 amide bonds. The third kappa shape index (κ3) is 1.79. The van der Waals surface area contributed by atoms with E-state index in [1.807, 2.05) is 37.5 Å². The molecule has 5 nitrogen and oxygen atoms in total. The van der Waals surface area contributed by atoms with Crippen molar-refractivity contribution in [2.24, 2.45) is 7.05 Å². The number of aryl methyl sites for hydroxylation is 1. The highest BCUT2D eigenvalue weighted by atomic mass is 16.5. The van der Waals surface area contributed by atoms with Crippen LogP contribution >= 0.6 is 0 Å². The van der Waals surface area contributed by atoms with Gasteiger partial charge in [-0.2, -0.15) is 0 Å². The number of aromatic nitrogens is 3. The highest BCUT2D eigenvalue weighted by molar-refractivity contribution is 5.92. The van der Waals surface area contributed by atoms with Crippen LogP contribution in [0, 0.1) is 0 Å². The molecule has 2 heterocycles. The fourth-order valence-corrected chi connectivity index (χ4v) is 2.24. The Morgan fingerprint density at radius 2 is 2.21 bits per heavy atom. The average Bonchev–Trinajstić information content (AvgIpc) is 2.78. The fraction of sp³-hybridized carbons (Fsp3) is 0.143. The van der Waals surface area contributed by atoms with Gasteiger partial charge in [-0.05, 0) is 17.7 Å². The van der Waals surface area contributed by atoms with Gasteiger partial charge in [0, 0.05) is 18.8 Å². The predicted octanol–water partition coefficient (Wildman–Crippen LogP) is 1.94. The molecule has 3 rings (SSSR count). The number of rotatable bonds is 2. The number of aromatic amines is 1. The zero-order valence-electron chi connectivity index (χ0n) is 10.7. The van der Waals surface area contributed by atoms with Gasteiger partial charge in [0.2, 0.25) is 0 Å². The molecular weight excluding hydrogens is 242 g/mol. The summed E-state index contributed by atoms with van der Waals surface area (Å²) in [5.74, 6) is 0.777. The number of hydrogen-bond donors (Lipinski definition) is 1. The second-order valence-corrected chi connectivity index (χ2v) is 4.31. The van der Waals surface area contributed by atoms with E-state index in [0.717, 1.165) is 16.9 Å². The molecule has 19 heavy (non-hydrogen) atoms. The zero-order valence-corrected chi connectivity index (χ0v) is 10.7. The lowest BCUT2D eigenvalue weighted by atomic mass is 10.1. The van der Waals surface area contributed by atoms with Crippen molar-refractivity contribution in [2.75, 3.05) is 7.11 Å². The van der Waals surface area contributed by atoms with Crippen LogP contribution in [0.2, 0.25) is 0 Å². The smallest absolute Gasteiger partial charge is 0.275 e. The van der Waals surface area contributed by atoms with Crippen molar-refractivity contribution in [1.29, 1.82) is 0 Å². The Labute approximate surface area is 109 Å². The molecule has 1 aromatic carbocycles. The third-order valence-electron chi connectivity index (χ3n) is 3.14. The number of ether oxygens (including phenoxy) is 1. The summed E-state index contributed by atoms with van der Waals surface area (Å²) in [5.41, 5.74) is 3.02. The van der Waals surface area contributed by atoms with Gasteiger partial charge in [0.25, 0.3) is 5.56 Å². The summed E-state index contributed by atoms with van der Waals surface area (Å²) in [6, 6.07) is 7.70. The number of methoxy groups -OCH3 is 1. The first-order valence-corrected chi connectivity index (χ1v) is 5.88. The Balaban J connectivity index is 2.31. The molecule has 0 unspecified atom stereocenters. The van der Waals surface area contributed by atoms with E-state index in [4.69, 9.17) is 4.74 Å². The molecule has 96 valence electrons. The lowest BCUT2D eigenvalue weighted by molar-refractivity contribution is 0.415. The molecule has 5 heteroatoms. The van der Waals surface area contributed by atoms with E-state index in [9.17, 15) is 4.79 Å². The van der Waals surface area contributed by atoms with Gasteiger partial charge in [-0.1, -0.05) is 12.1 Å². The number of nitrogens with one attached hydrogen (secondary N) is 1. The molecule has 0 radical (unpaired) electrons. The molecule has 0 fully saturated rings. The van der Waals surface area contributed by atoms with Crippen LogP contribution in [-0.2, 0) is 7.05 Å². The van der Waals surface area contributed by atoms with Crippen LogP contribution in [0.25, 0.3) is 22.2 Å². The first-order valence-electron chi connectivity index (χ1n) is 5.88. The van der Waals surface area contributed by atoms with E-state index in [0.29, 0.717) is 11.0 Å². The van der Waals surface area contributed by atoms with Crippen molar-refractivity contribution >= 4 is 11.0 Å².